The van der Waals surface area contributed by atoms with E-state index in [-0.39, 0.29) is 23.5 Å². The molecular weight excluding hydrogens is 279 g/mol. The summed E-state index contributed by atoms with van der Waals surface area (Å²) < 4.78 is 16.0. The number of benzene rings is 1. The van der Waals surface area contributed by atoms with Crippen LogP contribution in [0.25, 0.3) is 10.8 Å². The van der Waals surface area contributed by atoms with Crippen molar-refractivity contribution in [3.8, 4) is 0 Å². The van der Waals surface area contributed by atoms with Crippen molar-refractivity contribution in [3.63, 3.8) is 0 Å². The first kappa shape index (κ1) is 12.8. The molecule has 4 nitrogen and oxygen atoms in total. The lowest BCUT2D eigenvalue weighted by atomic mass is 10.2. The number of aromatic nitrogens is 2. The molecule has 2 heterocycles. The number of hydrogen-bond acceptors (Lipinski definition) is 3. The molecule has 0 spiro atoms. The van der Waals surface area contributed by atoms with Crippen LogP contribution in [0, 0.1) is 5.82 Å². The van der Waals surface area contributed by atoms with E-state index in [1.165, 1.54) is 33.1 Å². The monoisotopic (exact) mass is 290 g/mol. The van der Waals surface area contributed by atoms with Gasteiger partial charge in [-0.05, 0) is 17.5 Å². The molecule has 0 unspecified atom stereocenters. The van der Waals surface area contributed by atoms with E-state index in [0.717, 1.165) is 0 Å². The summed E-state index contributed by atoms with van der Waals surface area (Å²) in [6.45, 7) is 0.0464. The van der Waals surface area contributed by atoms with Crippen LogP contribution in [0.15, 0.2) is 44.6 Å². The van der Waals surface area contributed by atoms with Crippen LogP contribution in [0.2, 0.25) is 0 Å². The summed E-state index contributed by atoms with van der Waals surface area (Å²) in [7, 11) is 1.51. The van der Waals surface area contributed by atoms with Crippen LogP contribution >= 0.6 is 11.3 Å². The van der Waals surface area contributed by atoms with Crippen molar-refractivity contribution in [3.05, 3.63) is 67.1 Å². The fourth-order valence-electron chi connectivity index (χ4n) is 2.18. The summed E-state index contributed by atoms with van der Waals surface area (Å²) >= 11 is 1.23. The Balaban J connectivity index is 2.29. The second-order valence-electron chi connectivity index (χ2n) is 4.48. The van der Waals surface area contributed by atoms with E-state index in [0.29, 0.717) is 16.3 Å². The zero-order valence-electron chi connectivity index (χ0n) is 10.7. The Morgan fingerprint density at radius 2 is 1.75 bits per heavy atom. The zero-order valence-corrected chi connectivity index (χ0v) is 11.5. The predicted octanol–water partition coefficient (Wildman–Crippen LogP) is 1.95. The fourth-order valence-corrected chi connectivity index (χ4v) is 2.87. The molecule has 0 saturated carbocycles. The van der Waals surface area contributed by atoms with E-state index in [1.54, 1.807) is 29.6 Å². The first-order valence-electron chi connectivity index (χ1n) is 5.99. The summed E-state index contributed by atoms with van der Waals surface area (Å²) in [6.07, 6.45) is 0. The molecule has 3 rings (SSSR count). The van der Waals surface area contributed by atoms with Crippen molar-refractivity contribution >= 4 is 22.1 Å². The zero-order chi connectivity index (χ0) is 14.3. The molecular formula is C14H11FN2O2S. The molecule has 0 saturated heterocycles. The van der Waals surface area contributed by atoms with Gasteiger partial charge in [0.05, 0.1) is 17.3 Å². The van der Waals surface area contributed by atoms with E-state index in [2.05, 4.69) is 0 Å². The largest absolute Gasteiger partial charge is 0.273 e. The number of rotatable bonds is 2. The van der Waals surface area contributed by atoms with Crippen LogP contribution < -0.4 is 11.1 Å². The maximum Gasteiger partial charge on any atom is 0.273 e. The third-order valence-corrected chi connectivity index (χ3v) is 4.05. The van der Waals surface area contributed by atoms with Gasteiger partial charge in [0.15, 0.2) is 0 Å². The second kappa shape index (κ2) is 4.72. The van der Waals surface area contributed by atoms with Gasteiger partial charge in [0.25, 0.3) is 11.1 Å². The smallest absolute Gasteiger partial charge is 0.267 e. The highest BCUT2D eigenvalue weighted by Crippen LogP contribution is 2.13. The van der Waals surface area contributed by atoms with Gasteiger partial charge in [-0.15, -0.1) is 11.3 Å². The van der Waals surface area contributed by atoms with Gasteiger partial charge in [-0.2, -0.15) is 0 Å². The topological polar surface area (TPSA) is 44.0 Å². The van der Waals surface area contributed by atoms with Gasteiger partial charge in [-0.3, -0.25) is 9.59 Å². The lowest BCUT2D eigenvalue weighted by Crippen LogP contribution is -2.37. The first-order valence-corrected chi connectivity index (χ1v) is 6.93. The highest BCUT2D eigenvalue weighted by atomic mass is 32.1. The van der Waals surface area contributed by atoms with Crippen LogP contribution in [0.1, 0.15) is 5.56 Å². The van der Waals surface area contributed by atoms with Gasteiger partial charge in [-0.1, -0.05) is 12.1 Å². The van der Waals surface area contributed by atoms with Crippen LogP contribution in [0.4, 0.5) is 4.39 Å². The molecule has 0 aliphatic heterocycles. The molecule has 0 aliphatic rings. The number of thiophene rings is 1. The van der Waals surface area contributed by atoms with Gasteiger partial charge in [-0.25, -0.2) is 13.8 Å². The molecule has 0 aliphatic carbocycles. The SMILES string of the molecule is Cn1c(=O)c2ccccc2c(=O)n1Cc1cscc1F. The summed E-state index contributed by atoms with van der Waals surface area (Å²) in [4.78, 5) is 24.7. The summed E-state index contributed by atoms with van der Waals surface area (Å²) in [6, 6.07) is 6.65. The molecule has 3 aromatic rings. The first-order chi connectivity index (χ1) is 9.59. The minimum absolute atomic E-state index is 0.0464. The molecule has 0 amide bonds. The minimum Gasteiger partial charge on any atom is -0.267 e. The summed E-state index contributed by atoms with van der Waals surface area (Å²) in [5.41, 5.74) is -0.161. The van der Waals surface area contributed by atoms with Gasteiger partial charge in [0, 0.05) is 18.0 Å². The maximum absolute atomic E-state index is 13.5. The van der Waals surface area contributed by atoms with Gasteiger partial charge in [0.2, 0.25) is 0 Å². The van der Waals surface area contributed by atoms with Crippen molar-refractivity contribution in [1.82, 2.24) is 9.36 Å². The van der Waals surface area contributed by atoms with E-state index in [4.69, 9.17) is 0 Å². The van der Waals surface area contributed by atoms with Gasteiger partial charge >= 0.3 is 0 Å². The molecule has 0 atom stereocenters. The third kappa shape index (κ3) is 1.89. The number of nitrogens with zero attached hydrogens (tertiary/aromatic N) is 2. The molecule has 2 aromatic heterocycles. The molecule has 102 valence electrons. The molecule has 0 bridgehead atoms. The molecule has 0 fully saturated rings. The quantitative estimate of drug-likeness (QED) is 0.724. The predicted molar refractivity (Wildman–Crippen MR) is 76.8 cm³/mol. The average molecular weight is 290 g/mol. The number of halogens is 1. The third-order valence-electron chi connectivity index (χ3n) is 3.29. The van der Waals surface area contributed by atoms with Crippen molar-refractivity contribution in [1.29, 1.82) is 0 Å². The Bertz CT molecular complexity index is 907. The Morgan fingerprint density at radius 1 is 1.10 bits per heavy atom. The van der Waals surface area contributed by atoms with Crippen molar-refractivity contribution in [2.75, 3.05) is 0 Å². The summed E-state index contributed by atoms with van der Waals surface area (Å²) in [5.74, 6) is -0.359. The minimum atomic E-state index is -0.359. The van der Waals surface area contributed by atoms with Gasteiger partial charge < -0.3 is 0 Å². The molecule has 0 N–H and O–H groups in total. The fraction of sp³-hybridized carbons (Fsp3) is 0.143. The highest BCUT2D eigenvalue weighted by Gasteiger charge is 2.12. The van der Waals surface area contributed by atoms with Crippen molar-refractivity contribution < 1.29 is 4.39 Å². The number of hydrogen-bond donors (Lipinski definition) is 0. The lowest BCUT2D eigenvalue weighted by Gasteiger charge is -2.12. The Hall–Kier alpha value is -2.21. The average Bonchev–Trinajstić information content (AvgIpc) is 2.86. The number of fused-ring (bicyclic) bond motifs is 1. The maximum atomic E-state index is 13.5. The van der Waals surface area contributed by atoms with Crippen LogP contribution in [-0.2, 0) is 13.6 Å². The lowest BCUT2D eigenvalue weighted by molar-refractivity contribution is 0.492. The normalized spacial score (nSPS) is 11.1. The molecule has 6 heteroatoms. The Labute approximate surface area is 117 Å². The van der Waals surface area contributed by atoms with E-state index in [9.17, 15) is 14.0 Å². The van der Waals surface area contributed by atoms with E-state index in [1.807, 2.05) is 0 Å². The summed E-state index contributed by atoms with van der Waals surface area (Å²) in [5, 5.41) is 3.74. The molecule has 1 aromatic carbocycles. The van der Waals surface area contributed by atoms with Crippen LogP contribution in [-0.4, -0.2) is 9.36 Å². The van der Waals surface area contributed by atoms with E-state index >= 15 is 0 Å². The Kier molecular flexibility index (Phi) is 3.02. The molecule has 20 heavy (non-hydrogen) atoms. The van der Waals surface area contributed by atoms with Gasteiger partial charge in [0.1, 0.15) is 5.82 Å². The highest BCUT2D eigenvalue weighted by molar-refractivity contribution is 7.08. The van der Waals surface area contributed by atoms with Crippen LogP contribution in [0.3, 0.4) is 0 Å². The van der Waals surface area contributed by atoms with Crippen LogP contribution in [0.5, 0.6) is 0 Å². The standard InChI is InChI=1S/C14H11FN2O2S/c1-16-13(18)10-4-2-3-5-11(10)14(19)17(16)6-9-7-20-8-12(9)15/h2-5,7-8H,6H2,1H3. The Morgan fingerprint density at radius 3 is 2.35 bits per heavy atom. The second-order valence-corrected chi connectivity index (χ2v) is 5.23. The molecule has 0 radical (unpaired) electrons. The van der Waals surface area contributed by atoms with Crippen molar-refractivity contribution in [2.45, 2.75) is 6.54 Å². The van der Waals surface area contributed by atoms with Crippen molar-refractivity contribution in [2.24, 2.45) is 7.05 Å². The van der Waals surface area contributed by atoms with E-state index < -0.39 is 0 Å².